The molecule has 0 unspecified atom stereocenters. The molecule has 1 aliphatic heterocycles. The first kappa shape index (κ1) is 26.4. The average molecular weight is 599 g/mol. The Kier molecular flexibility index (Phi) is 7.15. The van der Waals surface area contributed by atoms with Gasteiger partial charge in [0.1, 0.15) is 34.5 Å². The number of halogens is 2. The van der Waals surface area contributed by atoms with Crippen molar-refractivity contribution in [1.29, 1.82) is 0 Å². The van der Waals surface area contributed by atoms with Crippen LogP contribution >= 0.6 is 23.2 Å². The number of nitrogens with zero attached hydrogens (tertiary/aromatic N) is 8. The predicted octanol–water partition coefficient (Wildman–Crippen LogP) is 6.06. The lowest BCUT2D eigenvalue weighted by Gasteiger charge is -2.32. The minimum absolute atomic E-state index is 0.0577. The summed E-state index contributed by atoms with van der Waals surface area (Å²) in [5.74, 6) is 2.59. The molecule has 5 heterocycles. The molecule has 210 valence electrons. The van der Waals surface area contributed by atoms with Crippen LogP contribution in [0.2, 0.25) is 10.3 Å². The molecule has 0 spiro atoms. The largest absolute Gasteiger partial charge is 0.490 e. The van der Waals surface area contributed by atoms with Crippen LogP contribution in [0, 0.1) is 0 Å². The Bertz CT molecular complexity index is 1860. The molecule has 10 nitrogen and oxygen atoms in total. The van der Waals surface area contributed by atoms with Crippen molar-refractivity contribution in [2.45, 2.75) is 25.6 Å². The third kappa shape index (κ3) is 5.50. The van der Waals surface area contributed by atoms with E-state index in [1.165, 1.54) is 6.07 Å². The number of anilines is 1. The molecular formula is C30H24Cl2N8O2. The van der Waals surface area contributed by atoms with Crippen molar-refractivity contribution in [3.63, 3.8) is 0 Å². The molecule has 0 N–H and O–H groups in total. The molecule has 6 aromatic rings. The molecule has 7 rings (SSSR count). The summed E-state index contributed by atoms with van der Waals surface area (Å²) in [4.78, 5) is 15.2. The Balaban J connectivity index is 1.03. The van der Waals surface area contributed by atoms with Gasteiger partial charge in [-0.25, -0.2) is 9.97 Å². The maximum absolute atomic E-state index is 6.32. The molecule has 12 heteroatoms. The Hall–Kier alpha value is -4.54. The van der Waals surface area contributed by atoms with Gasteiger partial charge in [0.15, 0.2) is 11.5 Å². The zero-order valence-corrected chi connectivity index (χ0v) is 23.8. The monoisotopic (exact) mass is 598 g/mol. The Morgan fingerprint density at radius 3 is 2.48 bits per heavy atom. The van der Waals surface area contributed by atoms with Crippen LogP contribution in [0.5, 0.6) is 11.5 Å². The molecule has 0 radical (unpaired) electrons. The molecule has 1 fully saturated rings. The van der Waals surface area contributed by atoms with E-state index in [9.17, 15) is 0 Å². The SMILES string of the molecule is Clc1cc(Cl)nc(N2CCC(Oc3ccc4c(OCc5nnc6ccc(-c7ccccc7)nn56)ccnc4c3)CC2)n1. The van der Waals surface area contributed by atoms with E-state index in [1.54, 1.807) is 10.7 Å². The number of aromatic nitrogens is 7. The summed E-state index contributed by atoms with van der Waals surface area (Å²) >= 11 is 12.1. The van der Waals surface area contributed by atoms with Gasteiger partial charge in [-0.3, -0.25) is 4.98 Å². The Morgan fingerprint density at radius 2 is 1.67 bits per heavy atom. The lowest BCUT2D eigenvalue weighted by atomic mass is 10.1. The van der Waals surface area contributed by atoms with E-state index in [4.69, 9.17) is 37.8 Å². The molecule has 4 aromatic heterocycles. The quantitative estimate of drug-likeness (QED) is 0.203. The summed E-state index contributed by atoms with van der Waals surface area (Å²) in [6.45, 7) is 1.68. The Labute approximate surface area is 250 Å². The molecule has 0 saturated carbocycles. The highest BCUT2D eigenvalue weighted by Gasteiger charge is 2.23. The van der Waals surface area contributed by atoms with Gasteiger partial charge in [-0.15, -0.1) is 10.2 Å². The number of rotatable bonds is 7. The zero-order chi connectivity index (χ0) is 28.5. The van der Waals surface area contributed by atoms with Crippen LogP contribution in [0.4, 0.5) is 5.95 Å². The third-order valence-electron chi connectivity index (χ3n) is 7.11. The minimum Gasteiger partial charge on any atom is -0.490 e. The van der Waals surface area contributed by atoms with Gasteiger partial charge in [0.05, 0.1) is 11.2 Å². The van der Waals surface area contributed by atoms with Crippen molar-refractivity contribution >= 4 is 45.7 Å². The molecular weight excluding hydrogens is 575 g/mol. The van der Waals surface area contributed by atoms with Crippen molar-refractivity contribution in [3.8, 4) is 22.8 Å². The molecule has 0 atom stereocenters. The number of hydrogen-bond donors (Lipinski definition) is 0. The molecule has 2 aromatic carbocycles. The maximum Gasteiger partial charge on any atom is 0.228 e. The maximum atomic E-state index is 6.32. The highest BCUT2D eigenvalue weighted by atomic mass is 35.5. The summed E-state index contributed by atoms with van der Waals surface area (Å²) in [5.41, 5.74) is 3.28. The summed E-state index contributed by atoms with van der Waals surface area (Å²) in [7, 11) is 0. The van der Waals surface area contributed by atoms with Crippen molar-refractivity contribution < 1.29 is 9.47 Å². The highest BCUT2D eigenvalue weighted by Crippen LogP contribution is 2.30. The first-order valence-corrected chi connectivity index (χ1v) is 14.2. The van der Waals surface area contributed by atoms with Gasteiger partial charge in [-0.1, -0.05) is 53.5 Å². The predicted molar refractivity (Wildman–Crippen MR) is 160 cm³/mol. The third-order valence-corrected chi connectivity index (χ3v) is 7.49. The number of pyridine rings is 1. The molecule has 0 aliphatic carbocycles. The van der Waals surface area contributed by atoms with Crippen molar-refractivity contribution in [3.05, 3.63) is 95.1 Å². The van der Waals surface area contributed by atoms with Gasteiger partial charge in [0.2, 0.25) is 5.95 Å². The first-order valence-electron chi connectivity index (χ1n) is 13.5. The number of benzene rings is 2. The lowest BCUT2D eigenvalue weighted by Crippen LogP contribution is -2.39. The summed E-state index contributed by atoms with van der Waals surface area (Å²) < 4.78 is 14.2. The molecule has 0 bridgehead atoms. The zero-order valence-electron chi connectivity index (χ0n) is 22.3. The van der Waals surface area contributed by atoms with Crippen molar-refractivity contribution in [2.75, 3.05) is 18.0 Å². The van der Waals surface area contributed by atoms with E-state index >= 15 is 0 Å². The number of ether oxygens (including phenoxy) is 2. The van der Waals surface area contributed by atoms with Crippen LogP contribution in [-0.2, 0) is 6.61 Å². The van der Waals surface area contributed by atoms with Gasteiger partial charge >= 0.3 is 0 Å². The van der Waals surface area contributed by atoms with E-state index in [0.717, 1.165) is 53.8 Å². The van der Waals surface area contributed by atoms with Crippen LogP contribution in [0.25, 0.3) is 27.8 Å². The molecule has 1 saturated heterocycles. The Morgan fingerprint density at radius 1 is 0.857 bits per heavy atom. The highest BCUT2D eigenvalue weighted by molar-refractivity contribution is 6.33. The second-order valence-electron chi connectivity index (χ2n) is 9.87. The first-order chi connectivity index (χ1) is 20.6. The van der Waals surface area contributed by atoms with Crippen LogP contribution < -0.4 is 14.4 Å². The standard InChI is InChI=1S/C30H24Cl2N8O2/c31-26-17-27(32)35-30(34-26)39-14-11-20(12-15-39)42-21-6-7-22-24(16-21)33-13-10-25(22)41-18-29-37-36-28-9-8-23(38-40(28)29)19-4-2-1-3-5-19/h1-10,13,16-17,20H,11-12,14-15,18H2. The number of hydrogen-bond acceptors (Lipinski definition) is 9. The normalized spacial score (nSPS) is 14.0. The number of piperidine rings is 1. The summed E-state index contributed by atoms with van der Waals surface area (Å²) in [6.07, 6.45) is 3.41. The van der Waals surface area contributed by atoms with E-state index < -0.39 is 0 Å². The van der Waals surface area contributed by atoms with Crippen LogP contribution in [-0.4, -0.2) is 54.0 Å². The van der Waals surface area contributed by atoms with Gasteiger partial charge in [-0.05, 0) is 30.3 Å². The topological polar surface area (TPSA) is 103 Å². The fraction of sp³-hybridized carbons (Fsp3) is 0.200. The fourth-order valence-corrected chi connectivity index (χ4v) is 5.43. The second-order valence-corrected chi connectivity index (χ2v) is 10.6. The van der Waals surface area contributed by atoms with Gasteiger partial charge in [0, 0.05) is 55.2 Å². The van der Waals surface area contributed by atoms with Crippen LogP contribution in [0.15, 0.2) is 79.0 Å². The number of fused-ring (bicyclic) bond motifs is 2. The average Bonchev–Trinajstić information content (AvgIpc) is 3.42. The van der Waals surface area contributed by atoms with Gasteiger partial charge in [0.25, 0.3) is 0 Å². The second kappa shape index (κ2) is 11.4. The lowest BCUT2D eigenvalue weighted by molar-refractivity contribution is 0.170. The van der Waals surface area contributed by atoms with Gasteiger partial charge in [-0.2, -0.15) is 9.61 Å². The molecule has 42 heavy (non-hydrogen) atoms. The minimum atomic E-state index is 0.0577. The van der Waals surface area contributed by atoms with Crippen molar-refractivity contribution in [1.82, 2.24) is 34.8 Å². The smallest absolute Gasteiger partial charge is 0.228 e. The molecule has 0 amide bonds. The van der Waals surface area contributed by atoms with E-state index in [1.807, 2.05) is 66.7 Å². The van der Waals surface area contributed by atoms with E-state index in [0.29, 0.717) is 33.5 Å². The summed E-state index contributed by atoms with van der Waals surface area (Å²) in [5, 5.41) is 14.8. The molecule has 1 aliphatic rings. The van der Waals surface area contributed by atoms with Crippen LogP contribution in [0.3, 0.4) is 0 Å². The van der Waals surface area contributed by atoms with E-state index in [2.05, 4.69) is 30.0 Å². The van der Waals surface area contributed by atoms with Gasteiger partial charge < -0.3 is 14.4 Å². The van der Waals surface area contributed by atoms with Crippen molar-refractivity contribution in [2.24, 2.45) is 0 Å². The van der Waals surface area contributed by atoms with E-state index in [-0.39, 0.29) is 12.7 Å². The summed E-state index contributed by atoms with van der Waals surface area (Å²) in [6, 6.07) is 23.1. The van der Waals surface area contributed by atoms with Crippen LogP contribution in [0.1, 0.15) is 18.7 Å². The fourth-order valence-electron chi connectivity index (χ4n) is 5.02.